The zero-order valence-electron chi connectivity index (χ0n) is 22.0. The second-order valence-corrected chi connectivity index (χ2v) is 8.13. The van der Waals surface area contributed by atoms with Crippen LogP contribution in [-0.4, -0.2) is 88.3 Å². The number of rotatable bonds is 19. The van der Waals surface area contributed by atoms with Crippen LogP contribution in [0.2, 0.25) is 0 Å². The number of hydrogen-bond donors (Lipinski definition) is 8. The molecule has 0 saturated carbocycles. The van der Waals surface area contributed by atoms with Crippen LogP contribution in [0.25, 0.3) is 0 Å². The van der Waals surface area contributed by atoms with Crippen molar-refractivity contribution in [2.24, 2.45) is 28.7 Å². The van der Waals surface area contributed by atoms with Crippen LogP contribution in [0.4, 0.5) is 0 Å². The Morgan fingerprint density at radius 2 is 1.14 bits per heavy atom. The smallest absolute Gasteiger partial charge is 0.147 e. The molecule has 0 aromatic heterocycles. The first-order chi connectivity index (χ1) is 16.1. The number of nitrogens with one attached hydrogen (secondary N) is 3. The van der Waals surface area contributed by atoms with Crippen LogP contribution in [0.5, 0.6) is 0 Å². The molecular weight excluding hydrogens is 460 g/mol. The van der Waals surface area contributed by atoms with Crippen molar-refractivity contribution in [3.8, 4) is 0 Å². The minimum Gasteiger partial charge on any atom is -0.330 e. The molecule has 36 heavy (non-hydrogen) atoms. The maximum atomic E-state index is 11.4. The average molecular weight is 523 g/mol. The van der Waals surface area contributed by atoms with Gasteiger partial charge in [0.1, 0.15) is 17.3 Å². The second kappa shape index (κ2) is 33.7. The summed E-state index contributed by atoms with van der Waals surface area (Å²) < 4.78 is 0. The fourth-order valence-corrected chi connectivity index (χ4v) is 2.64. The molecule has 220 valence electrons. The standard InChI is InChI=1S/C12H28N4O.C6H14N2O.C5H12N2O.2CH4/c1-11(17)12(16-10-4-7-14)5-2-8-15-9-3-6-13;1-5(9)6(8)3-2-4-7;1-4(8)5(3-6)7-2;;/h12,15-16H,2-10,13-14H2,1H3;6H,2-4,7-8H2,1H3;5,7H,3,6H2,1-2H3;2*1H4. The predicted molar refractivity (Wildman–Crippen MR) is 155 cm³/mol. The van der Waals surface area contributed by atoms with E-state index in [1.54, 1.807) is 14.0 Å². The van der Waals surface area contributed by atoms with Crippen LogP contribution < -0.4 is 44.6 Å². The van der Waals surface area contributed by atoms with Gasteiger partial charge < -0.3 is 44.6 Å². The van der Waals surface area contributed by atoms with E-state index in [1.165, 1.54) is 13.8 Å². The van der Waals surface area contributed by atoms with Gasteiger partial charge in [0.05, 0.1) is 18.1 Å². The van der Waals surface area contributed by atoms with Crippen molar-refractivity contribution in [2.75, 3.05) is 52.9 Å². The highest BCUT2D eigenvalue weighted by Crippen LogP contribution is 1.98. The molecule has 0 saturated heterocycles. The summed E-state index contributed by atoms with van der Waals surface area (Å²) in [7, 11) is 1.72. The van der Waals surface area contributed by atoms with Crippen molar-refractivity contribution >= 4 is 17.3 Å². The first kappa shape index (κ1) is 44.7. The van der Waals surface area contributed by atoms with E-state index in [1.807, 2.05) is 0 Å². The summed E-state index contributed by atoms with van der Waals surface area (Å²) in [6.07, 6.45) is 5.36. The van der Waals surface area contributed by atoms with Gasteiger partial charge in [0.25, 0.3) is 0 Å². The Morgan fingerprint density at radius 1 is 0.667 bits per heavy atom. The van der Waals surface area contributed by atoms with Crippen molar-refractivity contribution in [1.29, 1.82) is 0 Å². The Kier molecular flexibility index (Phi) is 41.8. The van der Waals surface area contributed by atoms with Gasteiger partial charge in [-0.1, -0.05) is 14.9 Å². The Hall–Kier alpha value is -1.31. The third kappa shape index (κ3) is 32.7. The summed E-state index contributed by atoms with van der Waals surface area (Å²) in [5.74, 6) is 0.349. The predicted octanol–water partition coefficient (Wildman–Crippen LogP) is -0.363. The zero-order valence-corrected chi connectivity index (χ0v) is 22.0. The van der Waals surface area contributed by atoms with Gasteiger partial charge in [-0.15, -0.1) is 0 Å². The molecule has 0 aromatic rings. The van der Waals surface area contributed by atoms with E-state index in [4.69, 9.17) is 28.7 Å². The molecule has 0 aliphatic carbocycles. The number of Topliss-reactive ketones (excluding diaryl/α,β-unsaturated/α-hetero) is 3. The lowest BCUT2D eigenvalue weighted by atomic mass is 10.1. The van der Waals surface area contributed by atoms with Gasteiger partial charge in [-0.05, 0) is 106 Å². The van der Waals surface area contributed by atoms with Crippen LogP contribution in [0.15, 0.2) is 0 Å². The molecule has 0 aliphatic rings. The highest BCUT2D eigenvalue weighted by atomic mass is 16.1. The summed E-state index contributed by atoms with van der Waals surface area (Å²) in [6, 6.07) is -0.471. The molecule has 0 rings (SSSR count). The highest BCUT2D eigenvalue weighted by Gasteiger charge is 2.12. The maximum absolute atomic E-state index is 11.4. The fraction of sp³-hybridized carbons (Fsp3) is 0.880. The number of carbonyl (C=O) groups is 3. The van der Waals surface area contributed by atoms with Gasteiger partial charge in [-0.2, -0.15) is 0 Å². The van der Waals surface area contributed by atoms with Crippen LogP contribution in [0.1, 0.15) is 74.1 Å². The largest absolute Gasteiger partial charge is 0.330 e. The first-order valence-electron chi connectivity index (χ1n) is 12.3. The summed E-state index contributed by atoms with van der Waals surface area (Å²) in [5.41, 5.74) is 26.6. The average Bonchev–Trinajstić information content (AvgIpc) is 2.79. The van der Waals surface area contributed by atoms with Gasteiger partial charge >= 0.3 is 0 Å². The Labute approximate surface area is 221 Å². The molecule has 11 heteroatoms. The van der Waals surface area contributed by atoms with Crippen LogP contribution >= 0.6 is 0 Å². The highest BCUT2D eigenvalue weighted by molar-refractivity contribution is 5.82. The number of carbonyl (C=O) groups excluding carboxylic acids is 3. The minimum absolute atomic E-state index is 0. The van der Waals surface area contributed by atoms with E-state index >= 15 is 0 Å². The molecule has 0 amide bonds. The van der Waals surface area contributed by atoms with Gasteiger partial charge in [-0.3, -0.25) is 14.4 Å². The van der Waals surface area contributed by atoms with Crippen molar-refractivity contribution in [1.82, 2.24) is 16.0 Å². The van der Waals surface area contributed by atoms with Crippen LogP contribution in [0.3, 0.4) is 0 Å². The van der Waals surface area contributed by atoms with E-state index in [-0.39, 0.29) is 50.3 Å². The molecule has 0 bridgehead atoms. The maximum Gasteiger partial charge on any atom is 0.147 e. The minimum atomic E-state index is -0.298. The second-order valence-electron chi connectivity index (χ2n) is 8.13. The lowest BCUT2D eigenvalue weighted by Gasteiger charge is -2.15. The first-order valence-corrected chi connectivity index (χ1v) is 12.3. The van der Waals surface area contributed by atoms with Crippen molar-refractivity contribution < 1.29 is 14.4 Å². The van der Waals surface area contributed by atoms with E-state index in [2.05, 4.69) is 16.0 Å². The number of nitrogens with two attached hydrogens (primary N) is 5. The SMILES string of the molecule is C.C.CC(=O)C(CCCNCCCN)NCCCN.CC(=O)C(N)CCCN.CNC(CN)C(C)=O. The molecule has 0 aromatic carbocycles. The topological polar surface area (TPSA) is 217 Å². The Bertz CT molecular complexity index is 492. The molecule has 0 fully saturated rings. The van der Waals surface area contributed by atoms with Crippen LogP contribution in [-0.2, 0) is 14.4 Å². The van der Waals surface area contributed by atoms with Crippen molar-refractivity contribution in [2.45, 2.75) is 92.3 Å². The molecule has 0 heterocycles. The number of likely N-dealkylation sites (N-methyl/N-ethyl adjacent to an activating group) is 1. The quantitative estimate of drug-likeness (QED) is 0.102. The van der Waals surface area contributed by atoms with Crippen molar-refractivity contribution in [3.05, 3.63) is 0 Å². The Balaban J connectivity index is -0.000000143. The van der Waals surface area contributed by atoms with E-state index in [0.29, 0.717) is 26.1 Å². The van der Waals surface area contributed by atoms with E-state index < -0.39 is 0 Å². The lowest BCUT2D eigenvalue weighted by molar-refractivity contribution is -0.119. The molecule has 3 atom stereocenters. The van der Waals surface area contributed by atoms with Gasteiger partial charge in [0.2, 0.25) is 0 Å². The van der Waals surface area contributed by atoms with Gasteiger partial charge in [0.15, 0.2) is 0 Å². The zero-order chi connectivity index (χ0) is 26.8. The molecule has 11 nitrogen and oxygen atoms in total. The van der Waals surface area contributed by atoms with E-state index in [9.17, 15) is 14.4 Å². The molecule has 0 aliphatic heterocycles. The lowest BCUT2D eigenvalue weighted by Crippen LogP contribution is -2.39. The number of ketones is 3. The molecule has 3 unspecified atom stereocenters. The summed E-state index contributed by atoms with van der Waals surface area (Å²) in [6.45, 7) is 9.78. The fourth-order valence-electron chi connectivity index (χ4n) is 2.64. The van der Waals surface area contributed by atoms with Crippen LogP contribution in [0, 0.1) is 0 Å². The summed E-state index contributed by atoms with van der Waals surface area (Å²) in [4.78, 5) is 32.3. The molecule has 0 spiro atoms. The van der Waals surface area contributed by atoms with Crippen molar-refractivity contribution in [3.63, 3.8) is 0 Å². The summed E-state index contributed by atoms with van der Waals surface area (Å²) in [5, 5.41) is 9.33. The molecular formula is C25H62N8O3. The third-order valence-electron chi connectivity index (χ3n) is 4.98. The summed E-state index contributed by atoms with van der Waals surface area (Å²) >= 11 is 0. The number of hydrogen-bond acceptors (Lipinski definition) is 11. The normalized spacial score (nSPS) is 12.2. The Morgan fingerprint density at radius 3 is 1.50 bits per heavy atom. The molecule has 0 radical (unpaired) electrons. The van der Waals surface area contributed by atoms with Gasteiger partial charge in [-0.25, -0.2) is 0 Å². The van der Waals surface area contributed by atoms with Gasteiger partial charge in [0, 0.05) is 6.54 Å². The monoisotopic (exact) mass is 522 g/mol. The molecule has 13 N–H and O–H groups in total. The third-order valence-corrected chi connectivity index (χ3v) is 4.98. The van der Waals surface area contributed by atoms with E-state index in [0.717, 1.165) is 58.3 Å².